The first-order valence-electron chi connectivity index (χ1n) is 7.46. The molecule has 1 fully saturated rings. The van der Waals surface area contributed by atoms with Gasteiger partial charge in [0.05, 0.1) is 6.04 Å². The van der Waals surface area contributed by atoms with Gasteiger partial charge in [0.25, 0.3) is 0 Å². The number of amides is 2. The van der Waals surface area contributed by atoms with Crippen molar-refractivity contribution in [3.05, 3.63) is 29.8 Å². The van der Waals surface area contributed by atoms with Gasteiger partial charge in [-0.3, -0.25) is 9.59 Å². The van der Waals surface area contributed by atoms with Crippen molar-refractivity contribution < 1.29 is 9.59 Å². The van der Waals surface area contributed by atoms with Crippen LogP contribution < -0.4 is 16.0 Å². The summed E-state index contributed by atoms with van der Waals surface area (Å²) in [6.45, 7) is 2.63. The lowest BCUT2D eigenvalue weighted by Crippen LogP contribution is -2.48. The third kappa shape index (κ3) is 4.01. The summed E-state index contributed by atoms with van der Waals surface area (Å²) in [5.41, 5.74) is 7.87. The number of nitrogens with one attached hydrogen (secondary N) is 1. The van der Waals surface area contributed by atoms with Crippen molar-refractivity contribution in [1.29, 1.82) is 0 Å². The van der Waals surface area contributed by atoms with E-state index in [0.29, 0.717) is 19.4 Å². The average Bonchev–Trinajstić information content (AvgIpc) is 2.86. The van der Waals surface area contributed by atoms with Gasteiger partial charge >= 0.3 is 0 Å². The summed E-state index contributed by atoms with van der Waals surface area (Å²) in [6, 6.07) is 6.81. The summed E-state index contributed by atoms with van der Waals surface area (Å²) in [7, 11) is 0. The first-order chi connectivity index (χ1) is 10.5. The molecular formula is C16H23N3O2S. The van der Waals surface area contributed by atoms with Gasteiger partial charge in [-0.25, -0.2) is 0 Å². The highest BCUT2D eigenvalue weighted by molar-refractivity contribution is 7.98. The Morgan fingerprint density at radius 1 is 1.45 bits per heavy atom. The molecule has 0 saturated carbocycles. The number of nitrogens with zero attached hydrogens (tertiary/aromatic N) is 1. The fraction of sp³-hybridized carbons (Fsp3) is 0.500. The van der Waals surface area contributed by atoms with Crippen molar-refractivity contribution in [1.82, 2.24) is 5.32 Å². The molecular weight excluding hydrogens is 298 g/mol. The smallest absolute Gasteiger partial charge is 0.249 e. The third-order valence-electron chi connectivity index (χ3n) is 3.84. The van der Waals surface area contributed by atoms with Gasteiger partial charge in [-0.1, -0.05) is 17.7 Å². The Bertz CT molecular complexity index is 533. The minimum absolute atomic E-state index is 0.0609. The number of rotatable bonds is 6. The second-order valence-corrected chi connectivity index (χ2v) is 6.55. The molecule has 0 radical (unpaired) electrons. The first kappa shape index (κ1) is 16.8. The summed E-state index contributed by atoms with van der Waals surface area (Å²) in [5.74, 6) is 0.537. The van der Waals surface area contributed by atoms with Crippen molar-refractivity contribution >= 4 is 29.3 Å². The van der Waals surface area contributed by atoms with Crippen molar-refractivity contribution in [2.75, 3.05) is 23.5 Å². The van der Waals surface area contributed by atoms with Gasteiger partial charge in [-0.2, -0.15) is 11.8 Å². The summed E-state index contributed by atoms with van der Waals surface area (Å²) in [6.07, 6.45) is 3.22. The molecule has 0 bridgehead atoms. The van der Waals surface area contributed by atoms with Gasteiger partial charge in [-0.05, 0) is 43.9 Å². The monoisotopic (exact) mass is 321 g/mol. The van der Waals surface area contributed by atoms with Crippen molar-refractivity contribution in [2.24, 2.45) is 5.73 Å². The van der Waals surface area contributed by atoms with Crippen LogP contribution in [0.15, 0.2) is 24.3 Å². The van der Waals surface area contributed by atoms with Crippen molar-refractivity contribution in [3.63, 3.8) is 0 Å². The maximum Gasteiger partial charge on any atom is 0.249 e. The molecule has 1 aliphatic rings. The Hall–Kier alpha value is -1.53. The molecule has 1 aromatic carbocycles. The van der Waals surface area contributed by atoms with E-state index in [1.54, 1.807) is 16.7 Å². The van der Waals surface area contributed by atoms with E-state index in [-0.39, 0.29) is 11.8 Å². The summed E-state index contributed by atoms with van der Waals surface area (Å²) < 4.78 is 0. The molecule has 3 N–H and O–H groups in total. The molecule has 22 heavy (non-hydrogen) atoms. The van der Waals surface area contributed by atoms with Gasteiger partial charge in [0.15, 0.2) is 0 Å². The maximum atomic E-state index is 12.4. The minimum atomic E-state index is -0.548. The van der Waals surface area contributed by atoms with Crippen LogP contribution >= 0.6 is 11.8 Å². The molecule has 1 aromatic rings. The lowest BCUT2D eigenvalue weighted by atomic mass is 10.2. The molecule has 0 aliphatic carbocycles. The standard InChI is InChI=1S/C16H23N3O2S/c1-11-3-5-12(6-4-11)19-9-7-14(16(19)21)18-15(20)13(17)8-10-22-2/h3-6,13-14H,7-10,17H2,1-2H3,(H,18,20)/t13-,14?/m0/s1. The predicted molar refractivity (Wildman–Crippen MR) is 91.1 cm³/mol. The van der Waals surface area contributed by atoms with Gasteiger partial charge in [0.1, 0.15) is 6.04 Å². The topological polar surface area (TPSA) is 75.4 Å². The van der Waals surface area contributed by atoms with Gasteiger partial charge in [-0.15, -0.1) is 0 Å². The largest absolute Gasteiger partial charge is 0.343 e. The quantitative estimate of drug-likeness (QED) is 0.828. The number of benzene rings is 1. The van der Waals surface area contributed by atoms with Gasteiger partial charge in [0, 0.05) is 12.2 Å². The fourth-order valence-electron chi connectivity index (χ4n) is 2.45. The second-order valence-electron chi connectivity index (χ2n) is 5.56. The van der Waals surface area contributed by atoms with E-state index in [1.807, 2.05) is 37.4 Å². The zero-order valence-electron chi connectivity index (χ0n) is 13.0. The minimum Gasteiger partial charge on any atom is -0.343 e. The Morgan fingerprint density at radius 3 is 2.77 bits per heavy atom. The molecule has 0 spiro atoms. The van der Waals surface area contributed by atoms with Crippen LogP contribution in [0.4, 0.5) is 5.69 Å². The molecule has 6 heteroatoms. The highest BCUT2D eigenvalue weighted by Gasteiger charge is 2.34. The van der Waals surface area contributed by atoms with E-state index in [1.165, 1.54) is 0 Å². The summed E-state index contributed by atoms with van der Waals surface area (Å²) in [5, 5.41) is 2.78. The molecule has 1 heterocycles. The number of hydrogen-bond acceptors (Lipinski definition) is 4. The number of carbonyl (C=O) groups is 2. The molecule has 0 aromatic heterocycles. The zero-order chi connectivity index (χ0) is 16.1. The molecule has 120 valence electrons. The molecule has 2 amide bonds. The van der Waals surface area contributed by atoms with E-state index in [2.05, 4.69) is 5.32 Å². The van der Waals surface area contributed by atoms with Crippen LogP contribution in [-0.4, -0.2) is 42.5 Å². The number of carbonyl (C=O) groups excluding carboxylic acids is 2. The maximum absolute atomic E-state index is 12.4. The lowest BCUT2D eigenvalue weighted by molar-refractivity contribution is -0.127. The summed E-state index contributed by atoms with van der Waals surface area (Å²) in [4.78, 5) is 26.2. The van der Waals surface area contributed by atoms with Crippen LogP contribution in [0.1, 0.15) is 18.4 Å². The van der Waals surface area contributed by atoms with Gasteiger partial charge < -0.3 is 16.0 Å². The number of aryl methyl sites for hydroxylation is 1. The zero-order valence-corrected chi connectivity index (χ0v) is 13.9. The molecule has 5 nitrogen and oxygen atoms in total. The number of nitrogens with two attached hydrogens (primary N) is 1. The van der Waals surface area contributed by atoms with Crippen molar-refractivity contribution in [2.45, 2.75) is 31.8 Å². The van der Waals surface area contributed by atoms with Crippen LogP contribution in [0.3, 0.4) is 0 Å². The van der Waals surface area contributed by atoms with Crippen LogP contribution in [0.5, 0.6) is 0 Å². The molecule has 2 atom stereocenters. The Morgan fingerprint density at radius 2 is 2.14 bits per heavy atom. The van der Waals surface area contributed by atoms with Gasteiger partial charge in [0.2, 0.25) is 11.8 Å². The number of anilines is 1. The number of thioether (sulfide) groups is 1. The van der Waals surface area contributed by atoms with E-state index >= 15 is 0 Å². The van der Waals surface area contributed by atoms with E-state index in [9.17, 15) is 9.59 Å². The van der Waals surface area contributed by atoms with Crippen LogP contribution in [0.25, 0.3) is 0 Å². The Kier molecular flexibility index (Phi) is 5.85. The van der Waals surface area contributed by atoms with Crippen LogP contribution in [-0.2, 0) is 9.59 Å². The Balaban J connectivity index is 1.93. The molecule has 1 aliphatic heterocycles. The highest BCUT2D eigenvalue weighted by atomic mass is 32.2. The summed E-state index contributed by atoms with van der Waals surface area (Å²) >= 11 is 1.65. The first-order valence-corrected chi connectivity index (χ1v) is 8.85. The molecule has 1 unspecified atom stereocenters. The average molecular weight is 321 g/mol. The van der Waals surface area contributed by atoms with E-state index < -0.39 is 12.1 Å². The third-order valence-corrected chi connectivity index (χ3v) is 4.48. The normalized spacial score (nSPS) is 19.3. The lowest BCUT2D eigenvalue weighted by Gasteiger charge is -2.18. The predicted octanol–water partition coefficient (Wildman–Crippen LogP) is 1.30. The SMILES string of the molecule is CSCC[C@H](N)C(=O)NC1CCN(c2ccc(C)cc2)C1=O. The second kappa shape index (κ2) is 7.65. The molecule has 2 rings (SSSR count). The number of hydrogen-bond donors (Lipinski definition) is 2. The van der Waals surface area contributed by atoms with E-state index in [4.69, 9.17) is 5.73 Å². The van der Waals surface area contributed by atoms with E-state index in [0.717, 1.165) is 17.0 Å². The van der Waals surface area contributed by atoms with Crippen LogP contribution in [0, 0.1) is 6.92 Å². The van der Waals surface area contributed by atoms with Crippen LogP contribution in [0.2, 0.25) is 0 Å². The van der Waals surface area contributed by atoms with Crippen molar-refractivity contribution in [3.8, 4) is 0 Å². The highest BCUT2D eigenvalue weighted by Crippen LogP contribution is 2.22. The Labute approximate surface area is 135 Å². The molecule has 1 saturated heterocycles. The fourth-order valence-corrected chi connectivity index (χ4v) is 2.94.